The number of aliphatic hydroxyl groups excluding tert-OH is 1. The Bertz CT molecular complexity index is 936. The molecule has 2 heterocycles. The second kappa shape index (κ2) is 8.31. The summed E-state index contributed by atoms with van der Waals surface area (Å²) >= 11 is 0. The number of urea groups is 1. The van der Waals surface area contributed by atoms with E-state index in [2.05, 4.69) is 5.32 Å². The summed E-state index contributed by atoms with van der Waals surface area (Å²) < 4.78 is 13.5. The van der Waals surface area contributed by atoms with E-state index >= 15 is 0 Å². The number of hydrogen-bond donors (Lipinski definition) is 3. The lowest BCUT2D eigenvalue weighted by Crippen LogP contribution is -2.48. The van der Waals surface area contributed by atoms with Crippen molar-refractivity contribution in [1.29, 1.82) is 0 Å². The number of rotatable bonds is 3. The van der Waals surface area contributed by atoms with E-state index in [1.807, 2.05) is 24.3 Å². The van der Waals surface area contributed by atoms with Crippen LogP contribution >= 0.6 is 0 Å². The number of hydrogen-bond acceptors (Lipinski definition) is 3. The van der Waals surface area contributed by atoms with Crippen molar-refractivity contribution in [2.45, 2.75) is 18.6 Å². The van der Waals surface area contributed by atoms with Crippen molar-refractivity contribution >= 4 is 12.1 Å². The maximum atomic E-state index is 13.5. The molecule has 1 saturated heterocycles. The van der Waals surface area contributed by atoms with Crippen LogP contribution in [-0.2, 0) is 6.42 Å². The van der Waals surface area contributed by atoms with Gasteiger partial charge >= 0.3 is 12.1 Å². The second-order valence-corrected chi connectivity index (χ2v) is 7.80. The average molecular weight is 413 g/mol. The molecule has 3 N–H and O–H groups in total. The molecule has 7 nitrogen and oxygen atoms in total. The van der Waals surface area contributed by atoms with E-state index in [4.69, 9.17) is 5.11 Å². The van der Waals surface area contributed by atoms with E-state index in [9.17, 15) is 19.1 Å². The molecule has 2 aromatic rings. The molecule has 1 fully saturated rings. The van der Waals surface area contributed by atoms with Gasteiger partial charge in [-0.2, -0.15) is 0 Å². The van der Waals surface area contributed by atoms with Crippen LogP contribution in [0.3, 0.4) is 0 Å². The molecule has 0 radical (unpaired) electrons. The van der Waals surface area contributed by atoms with E-state index in [-0.39, 0.29) is 43.4 Å². The number of carbonyl (C=O) groups is 2. The topological polar surface area (TPSA) is 93.1 Å². The smallest absolute Gasteiger partial charge is 0.407 e. The summed E-state index contributed by atoms with van der Waals surface area (Å²) in [5.41, 5.74) is 2.97. The van der Waals surface area contributed by atoms with Crippen LogP contribution in [0.4, 0.5) is 14.0 Å². The molecule has 30 heavy (non-hydrogen) atoms. The standard InChI is InChI=1S/C22H24FN3O4/c23-17-7-5-15(6-8-17)20-18-4-2-1-3-14(18)9-10-26(20)21(28)24-11-16-12-25(22(29)30)13-19(16)27/h1-8,16,19-20,27H,9-13H2,(H,24,28)(H,29,30)/t16-,19+,20+/m1/s1. The van der Waals surface area contributed by atoms with Crippen LogP contribution in [-0.4, -0.2) is 64.4 Å². The van der Waals surface area contributed by atoms with E-state index in [0.717, 1.165) is 21.6 Å². The van der Waals surface area contributed by atoms with Gasteiger partial charge in [0.25, 0.3) is 0 Å². The molecule has 158 valence electrons. The molecule has 2 aliphatic rings. The maximum absolute atomic E-state index is 13.5. The van der Waals surface area contributed by atoms with Crippen molar-refractivity contribution in [3.63, 3.8) is 0 Å². The van der Waals surface area contributed by atoms with Gasteiger partial charge in [-0.1, -0.05) is 36.4 Å². The average Bonchev–Trinajstić information content (AvgIpc) is 3.13. The van der Waals surface area contributed by atoms with E-state index in [1.165, 1.54) is 12.1 Å². The van der Waals surface area contributed by atoms with Crippen LogP contribution in [0.15, 0.2) is 48.5 Å². The molecule has 0 aromatic heterocycles. The van der Waals surface area contributed by atoms with Gasteiger partial charge in [-0.15, -0.1) is 0 Å². The third-order valence-corrected chi connectivity index (χ3v) is 5.92. The zero-order chi connectivity index (χ0) is 21.3. The van der Waals surface area contributed by atoms with Crippen LogP contribution in [0.25, 0.3) is 0 Å². The van der Waals surface area contributed by atoms with Gasteiger partial charge in [0, 0.05) is 25.6 Å². The summed E-state index contributed by atoms with van der Waals surface area (Å²) in [6, 6.07) is 13.4. The molecule has 0 unspecified atom stereocenters. The van der Waals surface area contributed by atoms with Gasteiger partial charge in [0.05, 0.1) is 18.7 Å². The molecular formula is C22H24FN3O4. The van der Waals surface area contributed by atoms with Crippen LogP contribution in [0.1, 0.15) is 22.7 Å². The lowest BCUT2D eigenvalue weighted by atomic mass is 9.88. The highest BCUT2D eigenvalue weighted by Crippen LogP contribution is 2.35. The highest BCUT2D eigenvalue weighted by atomic mass is 19.1. The molecule has 2 aromatic carbocycles. The number of carboxylic acid groups (broad SMARTS) is 1. The first kappa shape index (κ1) is 20.2. The number of likely N-dealkylation sites (tertiary alicyclic amines) is 1. The van der Waals surface area contributed by atoms with Crippen molar-refractivity contribution in [3.05, 3.63) is 71.0 Å². The fourth-order valence-corrected chi connectivity index (χ4v) is 4.32. The predicted molar refractivity (Wildman–Crippen MR) is 108 cm³/mol. The van der Waals surface area contributed by atoms with Crippen molar-refractivity contribution in [2.24, 2.45) is 5.92 Å². The van der Waals surface area contributed by atoms with Crippen molar-refractivity contribution < 1.29 is 24.2 Å². The van der Waals surface area contributed by atoms with Gasteiger partial charge in [0.2, 0.25) is 0 Å². The number of benzene rings is 2. The SMILES string of the molecule is O=C(O)N1C[C@@H](CNC(=O)N2CCc3ccccc3[C@@H]2c2ccc(F)cc2)[C@@H](O)C1. The highest BCUT2D eigenvalue weighted by molar-refractivity contribution is 5.76. The number of halogens is 1. The molecule has 0 spiro atoms. The Kier molecular flexibility index (Phi) is 5.59. The number of fused-ring (bicyclic) bond motifs is 1. The Hall–Kier alpha value is -3.13. The van der Waals surface area contributed by atoms with Gasteiger partial charge in [-0.25, -0.2) is 14.0 Å². The molecule has 4 rings (SSSR count). The van der Waals surface area contributed by atoms with E-state index in [0.29, 0.717) is 13.0 Å². The number of nitrogens with zero attached hydrogens (tertiary/aromatic N) is 2. The number of carbonyl (C=O) groups excluding carboxylic acids is 1. The zero-order valence-electron chi connectivity index (χ0n) is 16.4. The van der Waals surface area contributed by atoms with Crippen molar-refractivity contribution in [1.82, 2.24) is 15.1 Å². The molecule has 8 heteroatoms. The lowest BCUT2D eigenvalue weighted by Gasteiger charge is -2.38. The summed E-state index contributed by atoms with van der Waals surface area (Å²) in [6.07, 6.45) is -1.18. The first-order chi connectivity index (χ1) is 14.4. The number of nitrogens with one attached hydrogen (secondary N) is 1. The summed E-state index contributed by atoms with van der Waals surface area (Å²) in [5, 5.41) is 22.1. The molecule has 2 aliphatic heterocycles. The van der Waals surface area contributed by atoms with E-state index < -0.39 is 12.2 Å². The van der Waals surface area contributed by atoms with Crippen LogP contribution < -0.4 is 5.32 Å². The Morgan fingerprint density at radius 1 is 1.10 bits per heavy atom. The van der Waals surface area contributed by atoms with E-state index in [1.54, 1.807) is 17.0 Å². The third-order valence-electron chi connectivity index (χ3n) is 5.92. The summed E-state index contributed by atoms with van der Waals surface area (Å²) in [5.74, 6) is -0.691. The summed E-state index contributed by atoms with van der Waals surface area (Å²) in [4.78, 5) is 27.0. The van der Waals surface area contributed by atoms with Gasteiger partial charge in [-0.05, 0) is 35.2 Å². The molecule has 3 amide bonds. The third kappa shape index (κ3) is 3.95. The normalized spacial score (nSPS) is 23.2. The van der Waals surface area contributed by atoms with Crippen molar-refractivity contribution in [3.8, 4) is 0 Å². The van der Waals surface area contributed by atoms with Crippen LogP contribution in [0.2, 0.25) is 0 Å². The fourth-order valence-electron chi connectivity index (χ4n) is 4.32. The Morgan fingerprint density at radius 2 is 1.83 bits per heavy atom. The molecule has 3 atom stereocenters. The minimum atomic E-state index is -1.08. The van der Waals surface area contributed by atoms with Gasteiger partial charge in [0.15, 0.2) is 0 Å². The van der Waals surface area contributed by atoms with Crippen LogP contribution in [0, 0.1) is 11.7 Å². The number of amides is 3. The molecule has 0 bridgehead atoms. The molecule has 0 aliphatic carbocycles. The first-order valence-corrected chi connectivity index (χ1v) is 9.97. The largest absolute Gasteiger partial charge is 0.465 e. The lowest BCUT2D eigenvalue weighted by molar-refractivity contribution is 0.129. The second-order valence-electron chi connectivity index (χ2n) is 7.80. The minimum absolute atomic E-state index is 0.0468. The molecule has 0 saturated carbocycles. The fraction of sp³-hybridized carbons (Fsp3) is 0.364. The van der Waals surface area contributed by atoms with Gasteiger partial charge in [-0.3, -0.25) is 0 Å². The van der Waals surface area contributed by atoms with Crippen LogP contribution in [0.5, 0.6) is 0 Å². The minimum Gasteiger partial charge on any atom is -0.465 e. The first-order valence-electron chi connectivity index (χ1n) is 9.97. The predicted octanol–water partition coefficient (Wildman–Crippen LogP) is 2.45. The number of aliphatic hydroxyl groups is 1. The van der Waals surface area contributed by atoms with Crippen molar-refractivity contribution in [2.75, 3.05) is 26.2 Å². The summed E-state index contributed by atoms with van der Waals surface area (Å²) in [7, 11) is 0. The van der Waals surface area contributed by atoms with Gasteiger partial charge < -0.3 is 25.3 Å². The molecular weight excluding hydrogens is 389 g/mol. The van der Waals surface area contributed by atoms with Gasteiger partial charge in [0.1, 0.15) is 5.82 Å². The maximum Gasteiger partial charge on any atom is 0.407 e. The Labute approximate surface area is 173 Å². The Balaban J connectivity index is 1.52. The quantitative estimate of drug-likeness (QED) is 0.721. The zero-order valence-corrected chi connectivity index (χ0v) is 16.4. The highest BCUT2D eigenvalue weighted by Gasteiger charge is 2.36. The number of β-amino-alcohol motifs (C(OH)–C–C–N with tert-alkyl or cyclic N) is 1. The monoisotopic (exact) mass is 413 g/mol. The summed E-state index contributed by atoms with van der Waals surface area (Å²) in [6.45, 7) is 0.906. The Morgan fingerprint density at radius 3 is 2.53 bits per heavy atom.